The van der Waals surface area contributed by atoms with Crippen LogP contribution in [0.25, 0.3) is 0 Å². The monoisotopic (exact) mass is 277 g/mol. The molecule has 0 atom stereocenters. The molecule has 2 N–H and O–H groups in total. The molecule has 0 aliphatic carbocycles. The van der Waals surface area contributed by atoms with E-state index in [1.807, 2.05) is 7.05 Å². The van der Waals surface area contributed by atoms with Crippen molar-refractivity contribution in [2.75, 3.05) is 44.8 Å². The molecule has 1 amide bonds. The van der Waals surface area contributed by atoms with E-state index in [0.29, 0.717) is 19.5 Å². The molecule has 5 heteroatoms. The molecule has 1 aliphatic rings. The first-order valence-corrected chi connectivity index (χ1v) is 7.06. The van der Waals surface area contributed by atoms with Crippen LogP contribution < -0.4 is 10.6 Å². The quantitative estimate of drug-likeness (QED) is 0.866. The Hall–Kier alpha value is -1.59. The Bertz CT molecular complexity index is 427. The number of anilines is 1. The van der Waals surface area contributed by atoms with E-state index < -0.39 is 0 Å². The second kappa shape index (κ2) is 7.26. The van der Waals surface area contributed by atoms with Gasteiger partial charge in [0.25, 0.3) is 0 Å². The first kappa shape index (κ1) is 14.8. The maximum atomic E-state index is 11.7. The van der Waals surface area contributed by atoms with Gasteiger partial charge in [-0.05, 0) is 17.7 Å². The molecule has 0 radical (unpaired) electrons. The summed E-state index contributed by atoms with van der Waals surface area (Å²) in [6, 6.07) is 8.39. The first-order valence-electron chi connectivity index (χ1n) is 7.06. The van der Waals surface area contributed by atoms with Crippen molar-refractivity contribution in [1.29, 1.82) is 0 Å². The lowest BCUT2D eigenvalue weighted by molar-refractivity contribution is -0.130. The normalized spacial score (nSPS) is 15.2. The number of morpholine rings is 1. The molecule has 0 saturated carbocycles. The van der Waals surface area contributed by atoms with Gasteiger partial charge in [-0.1, -0.05) is 12.1 Å². The summed E-state index contributed by atoms with van der Waals surface area (Å²) in [7, 11) is 1.81. The van der Waals surface area contributed by atoms with Gasteiger partial charge in [-0.15, -0.1) is 0 Å². The van der Waals surface area contributed by atoms with Crippen LogP contribution in [0.4, 0.5) is 5.69 Å². The highest BCUT2D eigenvalue weighted by Crippen LogP contribution is 2.17. The molecule has 0 spiro atoms. The number of carbonyl (C=O) groups is 1. The van der Waals surface area contributed by atoms with E-state index in [-0.39, 0.29) is 5.91 Å². The molecule has 1 saturated heterocycles. The lowest BCUT2D eigenvalue weighted by atomic mass is 10.1. The molecule has 20 heavy (non-hydrogen) atoms. The number of hydrogen-bond acceptors (Lipinski definition) is 4. The van der Waals surface area contributed by atoms with Crippen LogP contribution >= 0.6 is 0 Å². The van der Waals surface area contributed by atoms with Gasteiger partial charge in [0.2, 0.25) is 5.91 Å². The van der Waals surface area contributed by atoms with Crippen molar-refractivity contribution in [1.82, 2.24) is 4.90 Å². The molecule has 1 aliphatic heterocycles. The number of nitrogens with zero attached hydrogens (tertiary/aromatic N) is 2. The molecular formula is C15H23N3O2. The summed E-state index contributed by atoms with van der Waals surface area (Å²) in [4.78, 5) is 15.7. The van der Waals surface area contributed by atoms with Crippen LogP contribution in [0.2, 0.25) is 0 Å². The molecule has 0 aromatic heterocycles. The lowest BCUT2D eigenvalue weighted by Crippen LogP contribution is -2.36. The number of hydrogen-bond donors (Lipinski definition) is 1. The zero-order chi connectivity index (χ0) is 14.4. The van der Waals surface area contributed by atoms with Crippen LogP contribution in [0.5, 0.6) is 0 Å². The topological polar surface area (TPSA) is 58.8 Å². The summed E-state index contributed by atoms with van der Waals surface area (Å²) in [6.07, 6.45) is 0.405. The largest absolute Gasteiger partial charge is 0.378 e. The summed E-state index contributed by atoms with van der Waals surface area (Å²) < 4.78 is 5.35. The van der Waals surface area contributed by atoms with Crippen molar-refractivity contribution in [3.05, 3.63) is 29.8 Å². The summed E-state index contributed by atoms with van der Waals surface area (Å²) in [5.41, 5.74) is 7.75. The van der Waals surface area contributed by atoms with Crippen molar-refractivity contribution in [2.24, 2.45) is 5.73 Å². The highest BCUT2D eigenvalue weighted by Gasteiger charge is 2.12. The van der Waals surface area contributed by atoms with Gasteiger partial charge in [-0.2, -0.15) is 0 Å². The van der Waals surface area contributed by atoms with E-state index in [1.54, 1.807) is 4.90 Å². The summed E-state index contributed by atoms with van der Waals surface area (Å²) in [5.74, 6) is 0.0877. The summed E-state index contributed by atoms with van der Waals surface area (Å²) in [6.45, 7) is 4.49. The zero-order valence-corrected chi connectivity index (χ0v) is 12.0. The molecule has 0 unspecified atom stereocenters. The maximum absolute atomic E-state index is 11.7. The molecule has 0 bridgehead atoms. The number of amides is 1. The van der Waals surface area contributed by atoms with Gasteiger partial charge in [0, 0.05) is 45.3 Å². The fourth-order valence-electron chi connectivity index (χ4n) is 2.31. The Balaban J connectivity index is 1.92. The number of benzene rings is 1. The van der Waals surface area contributed by atoms with Gasteiger partial charge in [0.15, 0.2) is 0 Å². The van der Waals surface area contributed by atoms with Crippen molar-refractivity contribution in [3.63, 3.8) is 0 Å². The molecule has 1 heterocycles. The smallest absolute Gasteiger partial charge is 0.223 e. The van der Waals surface area contributed by atoms with Crippen LogP contribution in [0.3, 0.4) is 0 Å². The van der Waals surface area contributed by atoms with Gasteiger partial charge in [-0.25, -0.2) is 0 Å². The fraction of sp³-hybridized carbons (Fsp3) is 0.533. The SMILES string of the molecule is CN(Cc1ccc(N2CCOCC2)cc1)C(=O)CCN. The standard InChI is InChI=1S/C15H23N3O2/c1-17(15(19)6-7-16)12-13-2-4-14(5-3-13)18-8-10-20-11-9-18/h2-5H,6-12,16H2,1H3. The predicted molar refractivity (Wildman–Crippen MR) is 79.6 cm³/mol. The van der Waals surface area contributed by atoms with Crippen molar-refractivity contribution < 1.29 is 9.53 Å². The second-order valence-electron chi connectivity index (χ2n) is 5.05. The van der Waals surface area contributed by atoms with E-state index in [1.165, 1.54) is 5.69 Å². The number of carbonyl (C=O) groups excluding carboxylic acids is 1. The van der Waals surface area contributed by atoms with E-state index in [9.17, 15) is 4.79 Å². The zero-order valence-electron chi connectivity index (χ0n) is 12.0. The first-order chi connectivity index (χ1) is 9.70. The minimum absolute atomic E-state index is 0.0877. The second-order valence-corrected chi connectivity index (χ2v) is 5.05. The van der Waals surface area contributed by atoms with Gasteiger partial charge in [0.1, 0.15) is 0 Å². The van der Waals surface area contributed by atoms with Crippen LogP contribution in [0, 0.1) is 0 Å². The number of ether oxygens (including phenoxy) is 1. The van der Waals surface area contributed by atoms with Crippen LogP contribution in [-0.2, 0) is 16.1 Å². The van der Waals surface area contributed by atoms with Crippen LogP contribution in [-0.4, -0.2) is 50.7 Å². The Morgan fingerprint density at radius 2 is 1.95 bits per heavy atom. The fourth-order valence-corrected chi connectivity index (χ4v) is 2.31. The van der Waals surface area contributed by atoms with E-state index in [4.69, 9.17) is 10.5 Å². The van der Waals surface area contributed by atoms with E-state index in [0.717, 1.165) is 31.9 Å². The average Bonchev–Trinajstić information content (AvgIpc) is 2.49. The molecular weight excluding hydrogens is 254 g/mol. The summed E-state index contributed by atoms with van der Waals surface area (Å²) in [5, 5.41) is 0. The van der Waals surface area contributed by atoms with E-state index in [2.05, 4.69) is 29.2 Å². The Kier molecular flexibility index (Phi) is 5.38. The predicted octanol–water partition coefficient (Wildman–Crippen LogP) is 0.830. The maximum Gasteiger partial charge on any atom is 0.223 e. The molecule has 1 aromatic carbocycles. The minimum Gasteiger partial charge on any atom is -0.378 e. The number of nitrogens with two attached hydrogens (primary N) is 1. The van der Waals surface area contributed by atoms with Gasteiger partial charge >= 0.3 is 0 Å². The van der Waals surface area contributed by atoms with Gasteiger partial charge < -0.3 is 20.3 Å². The van der Waals surface area contributed by atoms with Gasteiger partial charge in [-0.3, -0.25) is 4.79 Å². The summed E-state index contributed by atoms with van der Waals surface area (Å²) >= 11 is 0. The van der Waals surface area contributed by atoms with Gasteiger partial charge in [0.05, 0.1) is 13.2 Å². The Morgan fingerprint density at radius 1 is 1.30 bits per heavy atom. The number of rotatable bonds is 5. The third kappa shape index (κ3) is 3.95. The molecule has 110 valence electrons. The highest BCUT2D eigenvalue weighted by atomic mass is 16.5. The van der Waals surface area contributed by atoms with Crippen LogP contribution in [0.15, 0.2) is 24.3 Å². The van der Waals surface area contributed by atoms with Crippen molar-refractivity contribution in [3.8, 4) is 0 Å². The third-order valence-electron chi connectivity index (χ3n) is 3.52. The Morgan fingerprint density at radius 3 is 2.55 bits per heavy atom. The molecule has 2 rings (SSSR count). The third-order valence-corrected chi connectivity index (χ3v) is 3.52. The lowest BCUT2D eigenvalue weighted by Gasteiger charge is -2.29. The molecule has 1 fully saturated rings. The van der Waals surface area contributed by atoms with Crippen molar-refractivity contribution >= 4 is 11.6 Å². The van der Waals surface area contributed by atoms with E-state index >= 15 is 0 Å². The van der Waals surface area contributed by atoms with Crippen molar-refractivity contribution in [2.45, 2.75) is 13.0 Å². The minimum atomic E-state index is 0.0877. The van der Waals surface area contributed by atoms with Crippen LogP contribution in [0.1, 0.15) is 12.0 Å². The molecule has 1 aromatic rings. The average molecular weight is 277 g/mol. The Labute approximate surface area is 120 Å². The highest BCUT2D eigenvalue weighted by molar-refractivity contribution is 5.76. The molecule has 5 nitrogen and oxygen atoms in total.